The summed E-state index contributed by atoms with van der Waals surface area (Å²) in [6.45, 7) is 4.29. The lowest BCUT2D eigenvalue weighted by molar-refractivity contribution is -0.387. The molecule has 4 rings (SSSR count). The van der Waals surface area contributed by atoms with Crippen molar-refractivity contribution in [1.29, 1.82) is 0 Å². The molecular formula is C21H24ClN3O4S2. The predicted molar refractivity (Wildman–Crippen MR) is 123 cm³/mol. The number of nitrogens with one attached hydrogen (secondary N) is 1. The zero-order valence-corrected chi connectivity index (χ0v) is 19.5. The van der Waals surface area contributed by atoms with Crippen molar-refractivity contribution in [2.24, 2.45) is 17.0 Å². The molecule has 3 N–H and O–H groups in total. The van der Waals surface area contributed by atoms with Crippen LogP contribution in [0.3, 0.4) is 0 Å². The standard InChI is InChI=1S/C21H24ClN3O4S2/c1-11(2)21-14-10-18(30-17-6-4-3-5-16(17)25(26)27)20(22)19(14)13-9-12(31(23,28)29)7-8-15(13)24-21/h3-9,11,14,18-21,24H,10H2,1-2H3,(H2,23,28,29)/t14-,18-,19-,20+,21-/m0/s1. The van der Waals surface area contributed by atoms with Gasteiger partial charge in [0, 0.05) is 29.0 Å². The van der Waals surface area contributed by atoms with Crippen LogP contribution >= 0.6 is 23.4 Å². The van der Waals surface area contributed by atoms with Crippen LogP contribution in [-0.4, -0.2) is 30.0 Å². The number of primary sulfonamides is 1. The highest BCUT2D eigenvalue weighted by Crippen LogP contribution is 2.56. The van der Waals surface area contributed by atoms with Crippen LogP contribution < -0.4 is 10.5 Å². The third-order valence-corrected chi connectivity index (χ3v) is 9.24. The second-order valence-corrected chi connectivity index (χ2v) is 11.8. The molecule has 1 saturated carbocycles. The van der Waals surface area contributed by atoms with Gasteiger partial charge in [-0.25, -0.2) is 13.6 Å². The third-order valence-electron chi connectivity index (χ3n) is 6.22. The number of para-hydroxylation sites is 1. The van der Waals surface area contributed by atoms with E-state index >= 15 is 0 Å². The lowest BCUT2D eigenvalue weighted by Gasteiger charge is -2.40. The number of nitro groups is 1. The number of nitrogens with zero attached hydrogens (tertiary/aromatic N) is 1. The molecule has 7 nitrogen and oxygen atoms in total. The Hall–Kier alpha value is -1.81. The van der Waals surface area contributed by atoms with Crippen LogP contribution in [0.1, 0.15) is 31.7 Å². The first kappa shape index (κ1) is 22.4. The monoisotopic (exact) mass is 481 g/mol. The number of benzene rings is 2. The maximum Gasteiger partial charge on any atom is 0.282 e. The zero-order chi connectivity index (χ0) is 22.5. The van der Waals surface area contributed by atoms with Gasteiger partial charge >= 0.3 is 0 Å². The van der Waals surface area contributed by atoms with E-state index in [0.29, 0.717) is 10.8 Å². The summed E-state index contributed by atoms with van der Waals surface area (Å²) >= 11 is 8.43. The SMILES string of the molecule is CC(C)[C@@H]1Nc2ccc(S(N)(=O)=O)cc2[C@@H]2[C@H](Cl)[C@@H](Sc3ccccc3[N+](=O)[O-])C[C@@H]21. The first-order valence-corrected chi connectivity index (χ1v) is 12.9. The Morgan fingerprint density at radius 1 is 1.26 bits per heavy atom. The number of thioether (sulfide) groups is 1. The molecule has 5 atom stereocenters. The Morgan fingerprint density at radius 3 is 2.61 bits per heavy atom. The van der Waals surface area contributed by atoms with Crippen molar-refractivity contribution < 1.29 is 13.3 Å². The Bertz CT molecular complexity index is 1130. The minimum Gasteiger partial charge on any atom is -0.382 e. The Morgan fingerprint density at radius 2 is 1.97 bits per heavy atom. The molecule has 31 heavy (non-hydrogen) atoms. The molecule has 2 aromatic carbocycles. The van der Waals surface area contributed by atoms with Gasteiger partial charge in [0.25, 0.3) is 5.69 Å². The average molecular weight is 482 g/mol. The Balaban J connectivity index is 1.73. The van der Waals surface area contributed by atoms with Gasteiger partial charge in [-0.15, -0.1) is 23.4 Å². The van der Waals surface area contributed by atoms with Crippen molar-refractivity contribution in [2.75, 3.05) is 5.32 Å². The van der Waals surface area contributed by atoms with Crippen molar-refractivity contribution in [2.45, 2.75) is 52.6 Å². The van der Waals surface area contributed by atoms with E-state index in [1.807, 2.05) is 0 Å². The van der Waals surface area contributed by atoms with E-state index < -0.39 is 10.0 Å². The maximum absolute atomic E-state index is 11.9. The van der Waals surface area contributed by atoms with Crippen molar-refractivity contribution in [3.8, 4) is 0 Å². The molecule has 2 aliphatic rings. The lowest BCUT2D eigenvalue weighted by Crippen LogP contribution is -2.40. The molecule has 0 saturated heterocycles. The summed E-state index contributed by atoms with van der Waals surface area (Å²) in [6.07, 6.45) is 0.768. The molecule has 0 bridgehead atoms. The maximum atomic E-state index is 11.9. The van der Waals surface area contributed by atoms with E-state index in [2.05, 4.69) is 19.2 Å². The minimum absolute atomic E-state index is 0.0510. The van der Waals surface area contributed by atoms with Crippen LogP contribution in [0.4, 0.5) is 11.4 Å². The normalized spacial score (nSPS) is 27.5. The minimum atomic E-state index is -3.84. The van der Waals surface area contributed by atoms with Gasteiger partial charge in [0.05, 0.1) is 20.1 Å². The molecule has 0 unspecified atom stereocenters. The number of fused-ring (bicyclic) bond motifs is 3. The summed E-state index contributed by atoms with van der Waals surface area (Å²) in [6, 6.07) is 11.7. The van der Waals surface area contributed by atoms with Crippen molar-refractivity contribution >= 4 is 44.8 Å². The van der Waals surface area contributed by atoms with E-state index in [-0.39, 0.29) is 44.0 Å². The van der Waals surface area contributed by atoms with Crippen LogP contribution in [0.25, 0.3) is 0 Å². The van der Waals surface area contributed by atoms with Crippen molar-refractivity contribution in [3.63, 3.8) is 0 Å². The average Bonchev–Trinajstić information content (AvgIpc) is 3.02. The van der Waals surface area contributed by atoms with E-state index in [4.69, 9.17) is 16.7 Å². The van der Waals surface area contributed by atoms with Crippen LogP contribution in [0.15, 0.2) is 52.3 Å². The number of rotatable bonds is 5. The largest absolute Gasteiger partial charge is 0.382 e. The van der Waals surface area contributed by atoms with Gasteiger partial charge < -0.3 is 5.32 Å². The highest BCUT2D eigenvalue weighted by atomic mass is 35.5. The summed E-state index contributed by atoms with van der Waals surface area (Å²) in [5, 5.41) is 20.0. The molecular weight excluding hydrogens is 458 g/mol. The number of alkyl halides is 1. The fourth-order valence-corrected chi connectivity index (χ4v) is 7.33. The highest BCUT2D eigenvalue weighted by molar-refractivity contribution is 8.00. The number of nitrogens with two attached hydrogens (primary N) is 1. The van der Waals surface area contributed by atoms with Crippen LogP contribution in [0.5, 0.6) is 0 Å². The van der Waals surface area contributed by atoms with Gasteiger partial charge in [0.2, 0.25) is 10.0 Å². The summed E-state index contributed by atoms with van der Waals surface area (Å²) in [5.74, 6) is 0.426. The van der Waals surface area contributed by atoms with Crippen LogP contribution in [0, 0.1) is 22.0 Å². The lowest BCUT2D eigenvalue weighted by atomic mass is 9.76. The quantitative estimate of drug-likeness (QED) is 0.367. The molecule has 10 heteroatoms. The fraction of sp³-hybridized carbons (Fsp3) is 0.429. The van der Waals surface area contributed by atoms with Gasteiger partial charge in [-0.1, -0.05) is 26.0 Å². The molecule has 0 spiro atoms. The molecule has 1 aliphatic heterocycles. The Labute approximate surface area is 190 Å². The first-order chi connectivity index (χ1) is 14.6. The van der Waals surface area contributed by atoms with Gasteiger partial charge in [-0.3, -0.25) is 10.1 Å². The second-order valence-electron chi connectivity index (χ2n) is 8.46. The van der Waals surface area contributed by atoms with Crippen molar-refractivity contribution in [1.82, 2.24) is 0 Å². The summed E-state index contributed by atoms with van der Waals surface area (Å²) in [4.78, 5) is 11.7. The van der Waals surface area contributed by atoms with Gasteiger partial charge in [0.1, 0.15) is 0 Å². The molecule has 1 aliphatic carbocycles. The number of halogens is 1. The van der Waals surface area contributed by atoms with Crippen molar-refractivity contribution in [3.05, 3.63) is 58.1 Å². The van der Waals surface area contributed by atoms with Crippen LogP contribution in [0.2, 0.25) is 0 Å². The van der Waals surface area contributed by atoms with Gasteiger partial charge in [-0.2, -0.15) is 0 Å². The van der Waals surface area contributed by atoms with E-state index in [0.717, 1.165) is 17.7 Å². The topological polar surface area (TPSA) is 115 Å². The Kier molecular flexibility index (Phi) is 5.97. The predicted octanol–water partition coefficient (Wildman–Crippen LogP) is 4.56. The molecule has 1 fully saturated rings. The molecule has 0 radical (unpaired) electrons. The highest BCUT2D eigenvalue weighted by Gasteiger charge is 2.50. The summed E-state index contributed by atoms with van der Waals surface area (Å²) < 4.78 is 23.9. The third kappa shape index (κ3) is 4.16. The van der Waals surface area contributed by atoms with Gasteiger partial charge in [0.15, 0.2) is 0 Å². The van der Waals surface area contributed by atoms with E-state index in [1.165, 1.54) is 23.9 Å². The second kappa shape index (κ2) is 8.27. The van der Waals surface area contributed by atoms with Crippen LogP contribution in [-0.2, 0) is 10.0 Å². The molecule has 166 valence electrons. The van der Waals surface area contributed by atoms with E-state index in [9.17, 15) is 18.5 Å². The van der Waals surface area contributed by atoms with E-state index in [1.54, 1.807) is 30.3 Å². The summed E-state index contributed by atoms with van der Waals surface area (Å²) in [7, 11) is -3.84. The molecule has 0 aromatic heterocycles. The van der Waals surface area contributed by atoms with Gasteiger partial charge in [-0.05, 0) is 48.1 Å². The smallest absolute Gasteiger partial charge is 0.282 e. The zero-order valence-electron chi connectivity index (χ0n) is 17.1. The number of hydrogen-bond donors (Lipinski definition) is 2. The number of nitro benzene ring substituents is 1. The molecule has 0 amide bonds. The first-order valence-electron chi connectivity index (χ1n) is 10.1. The number of hydrogen-bond acceptors (Lipinski definition) is 6. The summed E-state index contributed by atoms with van der Waals surface area (Å²) in [5.41, 5.74) is 1.79. The number of anilines is 1. The fourth-order valence-electron chi connectivity index (χ4n) is 4.84. The number of sulfonamides is 1. The molecule has 2 aromatic rings. The molecule has 1 heterocycles.